The Morgan fingerprint density at radius 2 is 1.00 bits per heavy atom. The van der Waals surface area contributed by atoms with Crippen molar-refractivity contribution in [1.29, 1.82) is 0 Å². The molecule has 4 nitrogen and oxygen atoms in total. The summed E-state index contributed by atoms with van der Waals surface area (Å²) >= 11 is 0. The molecule has 0 aliphatic rings. The minimum atomic E-state index is 0. The smallest absolute Gasteiger partial charge is 0.854 e. The van der Waals surface area contributed by atoms with Gasteiger partial charge in [0, 0.05) is 0 Å². The van der Waals surface area contributed by atoms with Crippen molar-refractivity contribution in [1.82, 2.24) is 9.80 Å². The molecule has 5 heteroatoms. The van der Waals surface area contributed by atoms with Crippen LogP contribution >= 0.6 is 0 Å². The fourth-order valence-corrected chi connectivity index (χ4v) is 1.74. The summed E-state index contributed by atoms with van der Waals surface area (Å²) in [7, 11) is 4.11. The van der Waals surface area contributed by atoms with Crippen LogP contribution in [0.5, 0.6) is 0 Å². The Balaban J connectivity index is -0.000000295. The van der Waals surface area contributed by atoms with Crippen LogP contribution in [0.1, 0.15) is 40.5 Å². The van der Waals surface area contributed by atoms with Gasteiger partial charge in [0.2, 0.25) is 0 Å². The Morgan fingerprint density at radius 1 is 0.714 bits per heavy atom. The van der Waals surface area contributed by atoms with Crippen molar-refractivity contribution in [3.05, 3.63) is 0 Å². The third kappa shape index (κ3) is 16.6. The van der Waals surface area contributed by atoms with E-state index in [9.17, 15) is 10.2 Å². The van der Waals surface area contributed by atoms with Gasteiger partial charge in [-0.3, -0.25) is 0 Å². The summed E-state index contributed by atoms with van der Waals surface area (Å²) in [6, 6.07) is 0. The van der Waals surface area contributed by atoms with E-state index in [0.29, 0.717) is 11.8 Å². The van der Waals surface area contributed by atoms with E-state index in [1.165, 1.54) is 0 Å². The van der Waals surface area contributed by atoms with Crippen LogP contribution in [0, 0.1) is 11.8 Å². The molecule has 0 aromatic heterocycles. The molecule has 0 fully saturated rings. The van der Waals surface area contributed by atoms with Crippen LogP contribution in [0.2, 0.25) is 0 Å². The minimum Gasteiger partial charge on any atom is -0.854 e. The first-order valence-corrected chi connectivity index (χ1v) is 8.01. The second-order valence-electron chi connectivity index (χ2n) is 5.59. The first-order chi connectivity index (χ1) is 9.48. The van der Waals surface area contributed by atoms with Crippen LogP contribution in [-0.2, 0) is 17.1 Å². The number of nitrogens with zero attached hydrogens (tertiary/aromatic N) is 2. The van der Waals surface area contributed by atoms with E-state index >= 15 is 0 Å². The van der Waals surface area contributed by atoms with Gasteiger partial charge in [-0.1, -0.05) is 40.5 Å². The molecular weight excluding hydrogens is 316 g/mol. The number of rotatable bonds is 10. The van der Waals surface area contributed by atoms with Crippen LogP contribution < -0.4 is 10.2 Å². The fourth-order valence-electron chi connectivity index (χ4n) is 1.74. The van der Waals surface area contributed by atoms with Crippen molar-refractivity contribution in [3.8, 4) is 0 Å². The van der Waals surface area contributed by atoms with Gasteiger partial charge in [0.25, 0.3) is 0 Å². The standard InChI is InChI=1S/2C8H18NO.Cu/c2*1-4-8(7-10)6-9(3)5-2;/h2*8H,4-7H2,1-3H3;/q2*-1;+2. The zero-order valence-corrected chi connectivity index (χ0v) is 15.8. The van der Waals surface area contributed by atoms with E-state index in [-0.39, 0.29) is 30.3 Å². The molecule has 2 atom stereocenters. The van der Waals surface area contributed by atoms with Gasteiger partial charge in [0.15, 0.2) is 0 Å². The molecule has 0 bridgehead atoms. The van der Waals surface area contributed by atoms with E-state index < -0.39 is 0 Å². The van der Waals surface area contributed by atoms with Gasteiger partial charge in [0.05, 0.1) is 0 Å². The fraction of sp³-hybridized carbons (Fsp3) is 1.00. The second kappa shape index (κ2) is 18.4. The van der Waals surface area contributed by atoms with Crippen molar-refractivity contribution in [2.75, 3.05) is 53.5 Å². The van der Waals surface area contributed by atoms with Gasteiger partial charge < -0.3 is 20.0 Å². The van der Waals surface area contributed by atoms with Crippen molar-refractivity contribution in [2.24, 2.45) is 11.8 Å². The van der Waals surface area contributed by atoms with Gasteiger partial charge in [-0.05, 0) is 52.1 Å². The molecule has 0 saturated carbocycles. The maximum atomic E-state index is 10.5. The first kappa shape index (κ1) is 26.3. The Morgan fingerprint density at radius 3 is 1.14 bits per heavy atom. The van der Waals surface area contributed by atoms with E-state index in [1.54, 1.807) is 0 Å². The third-order valence-corrected chi connectivity index (χ3v) is 3.85. The van der Waals surface area contributed by atoms with Gasteiger partial charge in [-0.15, -0.1) is 13.2 Å². The molecule has 21 heavy (non-hydrogen) atoms. The van der Waals surface area contributed by atoms with Crippen LogP contribution in [0.3, 0.4) is 0 Å². The average molecular weight is 352 g/mol. The van der Waals surface area contributed by atoms with E-state index in [4.69, 9.17) is 0 Å². The summed E-state index contributed by atoms with van der Waals surface area (Å²) in [5.41, 5.74) is 0. The molecule has 0 amide bonds. The first-order valence-electron chi connectivity index (χ1n) is 8.01. The molecule has 133 valence electrons. The zero-order chi connectivity index (χ0) is 16.0. The van der Waals surface area contributed by atoms with Crippen LogP contribution in [-0.4, -0.2) is 63.3 Å². The summed E-state index contributed by atoms with van der Waals surface area (Å²) in [6.07, 6.45) is 2.02. The largest absolute Gasteiger partial charge is 2.00 e. The number of hydrogen-bond donors (Lipinski definition) is 0. The minimum absolute atomic E-state index is 0. The normalized spacial score (nSPS) is 13.4. The summed E-state index contributed by atoms with van der Waals surface area (Å²) < 4.78 is 0. The predicted octanol–water partition coefficient (Wildman–Crippen LogP) is 0.647. The van der Waals surface area contributed by atoms with E-state index in [1.807, 2.05) is 0 Å². The van der Waals surface area contributed by atoms with Crippen molar-refractivity contribution < 1.29 is 27.3 Å². The van der Waals surface area contributed by atoms with Crippen molar-refractivity contribution in [2.45, 2.75) is 40.5 Å². The van der Waals surface area contributed by atoms with Gasteiger partial charge in [0.1, 0.15) is 0 Å². The molecule has 0 aromatic rings. The Labute approximate surface area is 143 Å². The summed E-state index contributed by atoms with van der Waals surface area (Å²) in [4.78, 5) is 4.37. The van der Waals surface area contributed by atoms with Gasteiger partial charge in [-0.2, -0.15) is 0 Å². The molecule has 0 aromatic carbocycles. The molecule has 0 heterocycles. The number of hydrogen-bond acceptors (Lipinski definition) is 4. The summed E-state index contributed by atoms with van der Waals surface area (Å²) in [5.74, 6) is 0.704. The van der Waals surface area contributed by atoms with Crippen LogP contribution in [0.25, 0.3) is 0 Å². The second-order valence-corrected chi connectivity index (χ2v) is 5.59. The van der Waals surface area contributed by atoms with E-state index in [0.717, 1.165) is 39.0 Å². The maximum Gasteiger partial charge on any atom is 2.00 e. The Kier molecular flexibility index (Phi) is 23.0. The summed E-state index contributed by atoms with van der Waals surface area (Å²) in [5, 5.41) is 21.0. The van der Waals surface area contributed by atoms with Crippen LogP contribution in [0.15, 0.2) is 0 Å². The van der Waals surface area contributed by atoms with Gasteiger partial charge >= 0.3 is 17.1 Å². The molecule has 2 unspecified atom stereocenters. The quantitative estimate of drug-likeness (QED) is 0.542. The third-order valence-electron chi connectivity index (χ3n) is 3.85. The van der Waals surface area contributed by atoms with Crippen molar-refractivity contribution >= 4 is 0 Å². The molecule has 0 saturated heterocycles. The van der Waals surface area contributed by atoms with E-state index in [2.05, 4.69) is 51.6 Å². The SMILES string of the molecule is CCC(C[O-])CN(C)CC.CCC(C[O-])CN(C)CC.[Cu+2]. The molecular formula is C16H36CuN2O2. The van der Waals surface area contributed by atoms with Gasteiger partial charge in [-0.25, -0.2) is 0 Å². The molecule has 1 radical (unpaired) electrons. The average Bonchev–Trinajstić information content (AvgIpc) is 2.50. The monoisotopic (exact) mass is 351 g/mol. The molecule has 0 aliphatic carbocycles. The molecule has 0 spiro atoms. The van der Waals surface area contributed by atoms with Crippen LogP contribution in [0.4, 0.5) is 0 Å². The summed E-state index contributed by atoms with van der Waals surface area (Å²) in [6.45, 7) is 12.5. The topological polar surface area (TPSA) is 52.6 Å². The molecule has 0 rings (SSSR count). The Hall–Kier alpha value is 0.359. The molecule has 0 N–H and O–H groups in total. The Bertz CT molecular complexity index is 169. The zero-order valence-electron chi connectivity index (χ0n) is 14.8. The van der Waals surface area contributed by atoms with Crippen molar-refractivity contribution in [3.63, 3.8) is 0 Å². The predicted molar refractivity (Wildman–Crippen MR) is 83.6 cm³/mol. The molecule has 0 aliphatic heterocycles. The maximum absolute atomic E-state index is 10.5.